The molecule has 1 amide bonds. The van der Waals surface area contributed by atoms with E-state index in [1.54, 1.807) is 12.1 Å². The van der Waals surface area contributed by atoms with Crippen molar-refractivity contribution >= 4 is 6.09 Å². The average molecular weight is 317 g/mol. The van der Waals surface area contributed by atoms with Crippen LogP contribution in [-0.4, -0.2) is 11.2 Å². The molecule has 1 aliphatic carbocycles. The van der Waals surface area contributed by atoms with Crippen LogP contribution in [0.4, 0.5) is 9.18 Å². The second-order valence-corrected chi connectivity index (χ2v) is 5.40. The van der Waals surface area contributed by atoms with E-state index in [9.17, 15) is 9.18 Å². The van der Waals surface area contributed by atoms with Gasteiger partial charge in [0.2, 0.25) is 0 Å². The van der Waals surface area contributed by atoms with Gasteiger partial charge in [-0.15, -0.1) is 0 Å². The second kappa shape index (κ2) is 7.81. The first-order valence-electron chi connectivity index (χ1n) is 7.82. The maximum absolute atomic E-state index is 13.0. The molecule has 0 bridgehead atoms. The molecule has 1 aromatic carbocycles. The Morgan fingerprint density at radius 1 is 1.22 bits per heavy atom. The summed E-state index contributed by atoms with van der Waals surface area (Å²) in [6.45, 7) is 4.67. The van der Waals surface area contributed by atoms with Crippen molar-refractivity contribution in [2.24, 2.45) is 0 Å². The number of carboxylic acid groups (broad SMARTS) is 1. The molecule has 0 aromatic heterocycles. The fourth-order valence-corrected chi connectivity index (χ4v) is 2.75. The van der Waals surface area contributed by atoms with Crippen LogP contribution in [0.3, 0.4) is 0 Å². The van der Waals surface area contributed by atoms with E-state index in [1.807, 2.05) is 13.3 Å². The van der Waals surface area contributed by atoms with Crippen molar-refractivity contribution in [3.63, 3.8) is 0 Å². The zero-order valence-corrected chi connectivity index (χ0v) is 13.4. The van der Waals surface area contributed by atoms with E-state index in [0.29, 0.717) is 12.2 Å². The van der Waals surface area contributed by atoms with Crippen LogP contribution in [0.15, 0.2) is 46.8 Å². The quantitative estimate of drug-likeness (QED) is 0.739. The molecule has 0 atom stereocenters. The number of hydrogen-bond acceptors (Lipinski definition) is 2. The number of amides is 1. The normalized spacial score (nSPS) is 14.9. The third-order valence-corrected chi connectivity index (χ3v) is 3.94. The molecule has 5 heteroatoms. The van der Waals surface area contributed by atoms with Gasteiger partial charge in [0.1, 0.15) is 5.82 Å². The Bertz CT molecular complexity index is 633. The van der Waals surface area contributed by atoms with Crippen LogP contribution in [-0.2, 0) is 6.54 Å². The molecule has 23 heavy (non-hydrogen) atoms. The first kappa shape index (κ1) is 17.1. The minimum Gasteiger partial charge on any atom is -0.465 e. The maximum atomic E-state index is 13.0. The van der Waals surface area contributed by atoms with Gasteiger partial charge in [0.05, 0.1) is 0 Å². The van der Waals surface area contributed by atoms with Gasteiger partial charge in [0, 0.05) is 24.4 Å². The summed E-state index contributed by atoms with van der Waals surface area (Å²) in [5.74, 6) is -0.253. The first-order chi connectivity index (χ1) is 11.0. The molecule has 0 heterocycles. The lowest BCUT2D eigenvalue weighted by atomic mass is 9.90. The summed E-state index contributed by atoms with van der Waals surface area (Å²) in [6, 6.07) is 6.37. The lowest BCUT2D eigenvalue weighted by molar-refractivity contribution is 0.197. The largest absolute Gasteiger partial charge is 0.465 e. The van der Waals surface area contributed by atoms with E-state index in [0.717, 1.165) is 36.1 Å². The van der Waals surface area contributed by atoms with Gasteiger partial charge in [0.15, 0.2) is 0 Å². The van der Waals surface area contributed by atoms with E-state index in [1.165, 1.54) is 17.7 Å². The van der Waals surface area contributed by atoms with Crippen molar-refractivity contribution in [2.45, 2.75) is 39.7 Å². The monoisotopic (exact) mass is 317 g/mol. The summed E-state index contributed by atoms with van der Waals surface area (Å²) in [4.78, 5) is 11.0. The van der Waals surface area contributed by atoms with Crippen LogP contribution in [0, 0.1) is 12.2 Å². The summed E-state index contributed by atoms with van der Waals surface area (Å²) in [7, 11) is 0. The number of halogens is 1. The van der Waals surface area contributed by atoms with Crippen LogP contribution < -0.4 is 10.6 Å². The molecule has 4 nitrogen and oxygen atoms in total. The third kappa shape index (κ3) is 4.34. The predicted octanol–water partition coefficient (Wildman–Crippen LogP) is 4.12. The molecule has 0 saturated carbocycles. The molecule has 0 fully saturated rings. The third-order valence-electron chi connectivity index (χ3n) is 3.94. The summed E-state index contributed by atoms with van der Waals surface area (Å²) in [5.41, 5.74) is 4.86. The van der Waals surface area contributed by atoms with Gasteiger partial charge in [-0.25, -0.2) is 9.18 Å². The Labute approximate surface area is 136 Å². The van der Waals surface area contributed by atoms with Crippen LogP contribution in [0.2, 0.25) is 0 Å². The Morgan fingerprint density at radius 2 is 1.91 bits per heavy atom. The lowest BCUT2D eigenvalue weighted by Gasteiger charge is -2.26. The molecule has 123 valence electrons. The van der Waals surface area contributed by atoms with Crippen LogP contribution in [0.5, 0.6) is 0 Å². The molecular weight excluding hydrogens is 295 g/mol. The summed E-state index contributed by atoms with van der Waals surface area (Å²) >= 11 is 0. The highest BCUT2D eigenvalue weighted by atomic mass is 19.1. The molecule has 0 spiro atoms. The van der Waals surface area contributed by atoms with E-state index < -0.39 is 6.09 Å². The standard InChI is InChI=1S/C18H22FN2O2/c1-3-13-7-10-16(21-18(22)23)15(4-2)17(13)20-11-12-5-8-14(19)9-6-12/h5-6,8-10,20-21H,3-4,7,11H2,1-2H3,(H,22,23). The van der Waals surface area contributed by atoms with E-state index >= 15 is 0 Å². The Balaban J connectivity index is 2.23. The Hall–Kier alpha value is -2.30. The molecule has 1 aliphatic rings. The number of nitrogens with one attached hydrogen (secondary N) is 2. The average Bonchev–Trinajstić information content (AvgIpc) is 2.53. The smallest absolute Gasteiger partial charge is 0.408 e. The summed E-state index contributed by atoms with van der Waals surface area (Å²) < 4.78 is 13.0. The van der Waals surface area contributed by atoms with Crippen molar-refractivity contribution in [2.75, 3.05) is 0 Å². The minimum absolute atomic E-state index is 0.253. The van der Waals surface area contributed by atoms with Gasteiger partial charge in [-0.05, 0) is 48.1 Å². The maximum Gasteiger partial charge on any atom is 0.408 e. The first-order valence-corrected chi connectivity index (χ1v) is 7.82. The number of carbonyl (C=O) groups is 1. The van der Waals surface area contributed by atoms with Gasteiger partial charge >= 0.3 is 6.09 Å². The fraction of sp³-hybridized carbons (Fsp3) is 0.333. The highest BCUT2D eigenvalue weighted by Gasteiger charge is 2.21. The molecule has 0 saturated heterocycles. The zero-order chi connectivity index (χ0) is 16.8. The van der Waals surface area contributed by atoms with Gasteiger partial charge in [0.25, 0.3) is 0 Å². The van der Waals surface area contributed by atoms with Crippen LogP contribution in [0.25, 0.3) is 0 Å². The van der Waals surface area contributed by atoms with E-state index in [4.69, 9.17) is 5.11 Å². The summed E-state index contributed by atoms with van der Waals surface area (Å²) in [5, 5.41) is 14.9. The predicted molar refractivity (Wildman–Crippen MR) is 88.0 cm³/mol. The highest BCUT2D eigenvalue weighted by Crippen LogP contribution is 2.31. The molecule has 3 N–H and O–H groups in total. The Kier molecular flexibility index (Phi) is 5.79. The molecule has 2 rings (SSSR count). The van der Waals surface area contributed by atoms with Gasteiger partial charge in [-0.1, -0.05) is 26.0 Å². The summed E-state index contributed by atoms with van der Waals surface area (Å²) in [6.07, 6.45) is 3.21. The topological polar surface area (TPSA) is 61.4 Å². The molecular formula is C18H22FN2O2. The molecule has 0 aliphatic heterocycles. The second-order valence-electron chi connectivity index (χ2n) is 5.40. The SMILES string of the molecule is CCC1=C(NCc2ccc(F)cc2)C(CC)=C(NC(=O)O)[CH]C1. The van der Waals surface area contributed by atoms with Crippen molar-refractivity contribution < 1.29 is 14.3 Å². The van der Waals surface area contributed by atoms with Gasteiger partial charge in [-0.3, -0.25) is 5.32 Å². The minimum atomic E-state index is -1.06. The van der Waals surface area contributed by atoms with Crippen LogP contribution >= 0.6 is 0 Å². The van der Waals surface area contributed by atoms with Crippen molar-refractivity contribution in [1.82, 2.24) is 10.6 Å². The zero-order valence-electron chi connectivity index (χ0n) is 13.4. The van der Waals surface area contributed by atoms with Gasteiger partial charge in [-0.2, -0.15) is 0 Å². The van der Waals surface area contributed by atoms with E-state index in [2.05, 4.69) is 17.6 Å². The highest BCUT2D eigenvalue weighted by molar-refractivity contribution is 5.69. The lowest BCUT2D eigenvalue weighted by Crippen LogP contribution is -2.28. The molecule has 0 unspecified atom stereocenters. The molecule has 1 aromatic rings. The van der Waals surface area contributed by atoms with E-state index in [-0.39, 0.29) is 5.82 Å². The van der Waals surface area contributed by atoms with Crippen molar-refractivity contribution in [3.8, 4) is 0 Å². The fourth-order valence-electron chi connectivity index (χ4n) is 2.75. The number of rotatable bonds is 6. The van der Waals surface area contributed by atoms with Crippen LogP contribution in [0.1, 0.15) is 38.7 Å². The van der Waals surface area contributed by atoms with Crippen molar-refractivity contribution in [1.29, 1.82) is 0 Å². The number of allylic oxidation sites excluding steroid dienone is 3. The van der Waals surface area contributed by atoms with Crippen molar-refractivity contribution in [3.05, 3.63) is 64.6 Å². The number of benzene rings is 1. The Morgan fingerprint density at radius 3 is 2.48 bits per heavy atom. The van der Waals surface area contributed by atoms with Gasteiger partial charge < -0.3 is 10.4 Å². The number of hydrogen-bond donors (Lipinski definition) is 3. The molecule has 1 radical (unpaired) electrons.